The standard InChI is InChI=1S/C15H25ClN2/c1-11-5-6-13(14(16)7-11)15(2,3)8-12-9-17-18(4)10-12/h9-11,13-14H,5-8H2,1-4H3. The first kappa shape index (κ1) is 13.9. The summed E-state index contributed by atoms with van der Waals surface area (Å²) in [5.41, 5.74) is 1.58. The second kappa shape index (κ2) is 5.24. The second-order valence-electron chi connectivity index (χ2n) is 6.73. The van der Waals surface area contributed by atoms with Crippen molar-refractivity contribution < 1.29 is 0 Å². The number of aromatic nitrogens is 2. The number of rotatable bonds is 3. The number of aryl methyl sites for hydroxylation is 1. The highest BCUT2D eigenvalue weighted by molar-refractivity contribution is 6.20. The normalized spacial score (nSPS) is 29.5. The van der Waals surface area contributed by atoms with Crippen molar-refractivity contribution in [2.24, 2.45) is 24.3 Å². The average molecular weight is 269 g/mol. The summed E-state index contributed by atoms with van der Waals surface area (Å²) in [6, 6.07) is 0. The minimum atomic E-state index is 0.260. The second-order valence-corrected chi connectivity index (χ2v) is 7.29. The minimum absolute atomic E-state index is 0.260. The van der Waals surface area contributed by atoms with Crippen LogP contribution in [0.3, 0.4) is 0 Å². The monoisotopic (exact) mass is 268 g/mol. The van der Waals surface area contributed by atoms with E-state index in [2.05, 4.69) is 32.1 Å². The van der Waals surface area contributed by atoms with Crippen molar-refractivity contribution in [2.75, 3.05) is 0 Å². The molecule has 0 bridgehead atoms. The van der Waals surface area contributed by atoms with Gasteiger partial charge >= 0.3 is 0 Å². The van der Waals surface area contributed by atoms with E-state index in [1.54, 1.807) is 0 Å². The predicted octanol–water partition coefficient (Wildman–Crippen LogP) is 4.03. The van der Waals surface area contributed by atoms with Gasteiger partial charge in [0.25, 0.3) is 0 Å². The lowest BCUT2D eigenvalue weighted by atomic mass is 9.66. The molecule has 0 saturated heterocycles. The molecule has 0 N–H and O–H groups in total. The van der Waals surface area contributed by atoms with E-state index in [4.69, 9.17) is 11.6 Å². The lowest BCUT2D eigenvalue weighted by Gasteiger charge is -2.41. The molecule has 1 aromatic heterocycles. The van der Waals surface area contributed by atoms with Crippen molar-refractivity contribution >= 4 is 11.6 Å². The largest absolute Gasteiger partial charge is 0.276 e. The molecule has 1 aliphatic rings. The first-order valence-corrected chi connectivity index (χ1v) is 7.44. The van der Waals surface area contributed by atoms with E-state index in [1.165, 1.54) is 24.8 Å². The summed E-state index contributed by atoms with van der Waals surface area (Å²) < 4.78 is 1.88. The maximum atomic E-state index is 6.61. The lowest BCUT2D eigenvalue weighted by Crippen LogP contribution is -2.37. The number of alkyl halides is 1. The van der Waals surface area contributed by atoms with E-state index < -0.39 is 0 Å². The van der Waals surface area contributed by atoms with Gasteiger partial charge in [-0.1, -0.05) is 27.2 Å². The first-order chi connectivity index (χ1) is 8.38. The molecule has 3 unspecified atom stereocenters. The van der Waals surface area contributed by atoms with E-state index >= 15 is 0 Å². The number of halogens is 1. The van der Waals surface area contributed by atoms with E-state index in [9.17, 15) is 0 Å². The summed E-state index contributed by atoms with van der Waals surface area (Å²) in [4.78, 5) is 0. The summed E-state index contributed by atoms with van der Waals surface area (Å²) in [6.07, 6.45) is 8.94. The zero-order valence-electron chi connectivity index (χ0n) is 12.0. The quantitative estimate of drug-likeness (QED) is 0.757. The maximum absolute atomic E-state index is 6.61. The molecule has 3 heteroatoms. The van der Waals surface area contributed by atoms with Crippen molar-refractivity contribution in [1.82, 2.24) is 9.78 Å². The average Bonchev–Trinajstić information content (AvgIpc) is 2.62. The number of hydrogen-bond acceptors (Lipinski definition) is 1. The Hall–Kier alpha value is -0.500. The maximum Gasteiger partial charge on any atom is 0.0521 e. The van der Waals surface area contributed by atoms with Gasteiger partial charge in [-0.25, -0.2) is 0 Å². The van der Waals surface area contributed by atoms with Gasteiger partial charge in [0.05, 0.1) is 6.20 Å². The molecule has 1 fully saturated rings. The van der Waals surface area contributed by atoms with Gasteiger partial charge < -0.3 is 0 Å². The molecule has 0 spiro atoms. The highest BCUT2D eigenvalue weighted by Gasteiger charge is 2.38. The van der Waals surface area contributed by atoms with Crippen LogP contribution in [0.25, 0.3) is 0 Å². The molecule has 1 saturated carbocycles. The van der Waals surface area contributed by atoms with Crippen LogP contribution in [0.5, 0.6) is 0 Å². The van der Waals surface area contributed by atoms with Gasteiger partial charge in [-0.15, -0.1) is 11.6 Å². The Morgan fingerprint density at radius 1 is 1.44 bits per heavy atom. The molecule has 0 radical (unpaired) electrons. The summed E-state index contributed by atoms with van der Waals surface area (Å²) in [5.74, 6) is 1.41. The molecule has 1 aromatic rings. The van der Waals surface area contributed by atoms with Crippen LogP contribution in [0, 0.1) is 17.3 Å². The molecule has 1 heterocycles. The van der Waals surface area contributed by atoms with E-state index in [1.807, 2.05) is 17.9 Å². The first-order valence-electron chi connectivity index (χ1n) is 7.00. The zero-order chi connectivity index (χ0) is 13.3. The van der Waals surface area contributed by atoms with Crippen LogP contribution in [0.15, 0.2) is 12.4 Å². The van der Waals surface area contributed by atoms with Crippen molar-refractivity contribution in [3.05, 3.63) is 18.0 Å². The van der Waals surface area contributed by atoms with Gasteiger partial charge in [0, 0.05) is 18.6 Å². The third-order valence-corrected chi connectivity index (χ3v) is 4.94. The summed E-state index contributed by atoms with van der Waals surface area (Å²) in [6.45, 7) is 7.03. The highest BCUT2D eigenvalue weighted by Crippen LogP contribution is 2.44. The molecule has 2 nitrogen and oxygen atoms in total. The number of hydrogen-bond donors (Lipinski definition) is 0. The van der Waals surface area contributed by atoms with Gasteiger partial charge in [-0.3, -0.25) is 4.68 Å². The fourth-order valence-electron chi connectivity index (χ4n) is 3.41. The molecule has 0 aromatic carbocycles. The number of nitrogens with zero attached hydrogens (tertiary/aromatic N) is 2. The third kappa shape index (κ3) is 3.09. The predicted molar refractivity (Wildman–Crippen MR) is 76.8 cm³/mol. The van der Waals surface area contributed by atoms with Crippen LogP contribution in [0.4, 0.5) is 0 Å². The van der Waals surface area contributed by atoms with Crippen molar-refractivity contribution in [1.29, 1.82) is 0 Å². The van der Waals surface area contributed by atoms with Crippen LogP contribution < -0.4 is 0 Å². The third-order valence-electron chi connectivity index (χ3n) is 4.46. The summed E-state index contributed by atoms with van der Waals surface area (Å²) >= 11 is 6.61. The molecular formula is C15H25ClN2. The molecule has 3 atom stereocenters. The molecular weight excluding hydrogens is 244 g/mol. The van der Waals surface area contributed by atoms with Crippen molar-refractivity contribution in [2.45, 2.75) is 51.8 Å². The molecule has 0 amide bonds. The van der Waals surface area contributed by atoms with E-state index in [0.717, 1.165) is 12.3 Å². The summed E-state index contributed by atoms with van der Waals surface area (Å²) in [5, 5.41) is 4.59. The highest BCUT2D eigenvalue weighted by atomic mass is 35.5. The van der Waals surface area contributed by atoms with Gasteiger partial charge in [-0.05, 0) is 42.1 Å². The van der Waals surface area contributed by atoms with Crippen LogP contribution in [-0.4, -0.2) is 15.2 Å². The van der Waals surface area contributed by atoms with Gasteiger partial charge in [0.2, 0.25) is 0 Å². The molecule has 102 valence electrons. The lowest BCUT2D eigenvalue weighted by molar-refractivity contribution is 0.142. The van der Waals surface area contributed by atoms with Gasteiger partial charge in [0.1, 0.15) is 0 Å². The Morgan fingerprint density at radius 3 is 2.72 bits per heavy atom. The van der Waals surface area contributed by atoms with Crippen LogP contribution in [0.1, 0.15) is 45.6 Å². The topological polar surface area (TPSA) is 17.8 Å². The van der Waals surface area contributed by atoms with E-state index in [-0.39, 0.29) is 5.41 Å². The Morgan fingerprint density at radius 2 is 2.17 bits per heavy atom. The molecule has 1 aliphatic carbocycles. The van der Waals surface area contributed by atoms with Crippen LogP contribution in [-0.2, 0) is 13.5 Å². The molecule has 0 aliphatic heterocycles. The van der Waals surface area contributed by atoms with E-state index in [0.29, 0.717) is 11.3 Å². The smallest absolute Gasteiger partial charge is 0.0521 e. The minimum Gasteiger partial charge on any atom is -0.276 e. The van der Waals surface area contributed by atoms with Crippen LogP contribution in [0.2, 0.25) is 0 Å². The molecule has 18 heavy (non-hydrogen) atoms. The fourth-order valence-corrected chi connectivity index (χ4v) is 4.18. The Bertz CT molecular complexity index is 397. The summed E-state index contributed by atoms with van der Waals surface area (Å²) in [7, 11) is 1.98. The Kier molecular flexibility index (Phi) is 4.05. The Balaban J connectivity index is 2.05. The SMILES string of the molecule is CC1CCC(C(C)(C)Cc2cnn(C)c2)C(Cl)C1. The zero-order valence-corrected chi connectivity index (χ0v) is 12.7. The fraction of sp³-hybridized carbons (Fsp3) is 0.800. The van der Waals surface area contributed by atoms with Gasteiger partial charge in [0.15, 0.2) is 0 Å². The van der Waals surface area contributed by atoms with Crippen molar-refractivity contribution in [3.8, 4) is 0 Å². The molecule has 2 rings (SSSR count). The Labute approximate surface area is 116 Å². The van der Waals surface area contributed by atoms with Crippen molar-refractivity contribution in [3.63, 3.8) is 0 Å². The van der Waals surface area contributed by atoms with Crippen LogP contribution >= 0.6 is 11.6 Å². The van der Waals surface area contributed by atoms with Gasteiger partial charge in [-0.2, -0.15) is 5.10 Å².